The lowest BCUT2D eigenvalue weighted by atomic mass is 10.0. The van der Waals surface area contributed by atoms with E-state index in [1.807, 2.05) is 55.5 Å². The predicted octanol–water partition coefficient (Wildman–Crippen LogP) is 32.1. The first-order valence-electron chi connectivity index (χ1n) is 34.1. The molecule has 0 bridgehead atoms. The van der Waals surface area contributed by atoms with Crippen LogP contribution in [0.2, 0.25) is 5.02 Å². The first kappa shape index (κ1) is 99.4. The minimum Gasteiger partial charge on any atom is -0.166 e. The van der Waals surface area contributed by atoms with Gasteiger partial charge in [0.2, 0.25) is 0 Å². The third-order valence-electron chi connectivity index (χ3n) is 16.1. The van der Waals surface area contributed by atoms with Gasteiger partial charge in [-0.25, -0.2) is 0 Å². The number of benzene rings is 13. The van der Waals surface area contributed by atoms with Gasteiger partial charge in [0.25, 0.3) is 0 Å². The van der Waals surface area contributed by atoms with Gasteiger partial charge in [0, 0.05) is 5.02 Å². The molecule has 0 radical (unpaired) electrons. The molecule has 560 valence electrons. The van der Waals surface area contributed by atoms with Crippen molar-refractivity contribution in [2.45, 2.75) is 175 Å². The van der Waals surface area contributed by atoms with Crippen molar-refractivity contribution in [3.63, 3.8) is 0 Å². The molecule has 0 aliphatic rings. The molecule has 0 spiro atoms. The van der Waals surface area contributed by atoms with Crippen LogP contribution < -0.4 is 0 Å². The molecule has 13 aromatic carbocycles. The van der Waals surface area contributed by atoms with Crippen LogP contribution in [0, 0.1) is 132 Å². The van der Waals surface area contributed by atoms with Gasteiger partial charge in [-0.1, -0.05) is 402 Å². The minimum absolute atomic E-state index is 0. The number of fused-ring (bicyclic) bond motifs is 1. The van der Waals surface area contributed by atoms with E-state index in [0.717, 1.165) is 16.7 Å². The maximum Gasteiger partial charge on any atom is 0.416 e. The Balaban J connectivity index is -0.00000109. The van der Waals surface area contributed by atoms with E-state index in [2.05, 4.69) is 354 Å². The molecule has 0 amide bonds. The molecule has 105 heavy (non-hydrogen) atoms. The molecule has 13 aromatic rings. The van der Waals surface area contributed by atoms with E-state index in [9.17, 15) is 13.2 Å². The highest BCUT2D eigenvalue weighted by Gasteiger charge is 2.31. The zero-order valence-electron chi connectivity index (χ0n) is 63.0. The Hall–Kier alpha value is -9.80. The van der Waals surface area contributed by atoms with Crippen molar-refractivity contribution in [2.75, 3.05) is 0 Å². The molecule has 0 aliphatic carbocycles. The van der Waals surface area contributed by atoms with Crippen molar-refractivity contribution in [3.05, 3.63) is 426 Å². The third kappa shape index (κ3) is 42.5. The summed E-state index contributed by atoms with van der Waals surface area (Å²) < 4.78 is 36.1. The SMILES string of the molecule is C.C.C.C.C.Cc1cc(C)c(C)c(C)c1.Cc1ccc(C)cc1.Cc1ccc(C)cc1.Cc1ccc(C)cc1.Cc1ccc(C)cc1.Cc1cccc2ccccc12.Cc1ccccc1.Cc1ccccc1-c1ccccc1.Cc1ccccc1C.Cc1ccccc1C(F)(F)F.Cc1ccccc1Cl. The second kappa shape index (κ2) is 54.8. The Bertz CT molecular complexity index is 3970. The monoisotopic (exact) mass is 1430 g/mol. The average Bonchev–Trinajstić information content (AvgIpc) is 0.856. The van der Waals surface area contributed by atoms with Crippen LogP contribution in [0.25, 0.3) is 21.9 Å². The number of hydrogen-bond donors (Lipinski definition) is 0. The zero-order chi connectivity index (χ0) is 74.0. The van der Waals surface area contributed by atoms with Crippen molar-refractivity contribution < 1.29 is 13.2 Å². The van der Waals surface area contributed by atoms with E-state index >= 15 is 0 Å². The van der Waals surface area contributed by atoms with Crippen molar-refractivity contribution in [1.82, 2.24) is 0 Å². The Kier molecular flexibility index (Phi) is 51.9. The molecule has 4 heteroatoms. The van der Waals surface area contributed by atoms with Crippen molar-refractivity contribution in [2.24, 2.45) is 0 Å². The van der Waals surface area contributed by atoms with E-state index in [-0.39, 0.29) is 42.7 Å². The smallest absolute Gasteiger partial charge is 0.166 e. The lowest BCUT2D eigenvalue weighted by molar-refractivity contribution is -0.138. The van der Waals surface area contributed by atoms with Gasteiger partial charge in [-0.15, -0.1) is 0 Å². The predicted molar refractivity (Wildman–Crippen MR) is 467 cm³/mol. The van der Waals surface area contributed by atoms with Crippen LogP contribution in [-0.2, 0) is 6.18 Å². The Morgan fingerprint density at radius 3 is 0.790 bits per heavy atom. The lowest BCUT2D eigenvalue weighted by Gasteiger charge is -2.08. The number of alkyl halides is 3. The van der Waals surface area contributed by atoms with Crippen LogP contribution in [0.4, 0.5) is 13.2 Å². The normalized spacial score (nSPS) is 9.29. The quantitative estimate of drug-likeness (QED) is 0.154. The van der Waals surface area contributed by atoms with E-state index in [4.69, 9.17) is 11.6 Å². The second-order valence-electron chi connectivity index (χ2n) is 25.4. The molecule has 0 unspecified atom stereocenters. The summed E-state index contributed by atoms with van der Waals surface area (Å²) in [6.45, 7) is 39.4. The molecule has 0 heterocycles. The van der Waals surface area contributed by atoms with Crippen LogP contribution in [-0.4, -0.2) is 0 Å². The van der Waals surface area contributed by atoms with Crippen LogP contribution in [0.1, 0.15) is 148 Å². The van der Waals surface area contributed by atoms with Crippen molar-refractivity contribution in [1.29, 1.82) is 0 Å². The molecule has 0 nitrogen and oxygen atoms in total. The average molecular weight is 1430 g/mol. The van der Waals surface area contributed by atoms with E-state index < -0.39 is 11.7 Å². The van der Waals surface area contributed by atoms with Gasteiger partial charge >= 0.3 is 6.18 Å². The van der Waals surface area contributed by atoms with E-state index in [1.165, 1.54) is 136 Å². The summed E-state index contributed by atoms with van der Waals surface area (Å²) in [6, 6.07) is 104. The van der Waals surface area contributed by atoms with Crippen LogP contribution >= 0.6 is 11.6 Å². The van der Waals surface area contributed by atoms with Gasteiger partial charge < -0.3 is 0 Å². The lowest BCUT2D eigenvalue weighted by Crippen LogP contribution is -2.06. The van der Waals surface area contributed by atoms with Crippen LogP contribution in [0.15, 0.2) is 309 Å². The van der Waals surface area contributed by atoms with Crippen LogP contribution in [0.3, 0.4) is 0 Å². The van der Waals surface area contributed by atoms with Gasteiger partial charge in [0.15, 0.2) is 0 Å². The molecule has 13 rings (SSSR count). The summed E-state index contributed by atoms with van der Waals surface area (Å²) >= 11 is 5.71. The fourth-order valence-corrected chi connectivity index (χ4v) is 9.48. The summed E-state index contributed by atoms with van der Waals surface area (Å²) in [7, 11) is 0. The van der Waals surface area contributed by atoms with Gasteiger partial charge in [-0.05, 0) is 216 Å². The number of aryl methyl sites for hydroxylation is 18. The number of rotatable bonds is 1. The van der Waals surface area contributed by atoms with Crippen LogP contribution in [0.5, 0.6) is 0 Å². The van der Waals surface area contributed by atoms with Gasteiger partial charge in [0.1, 0.15) is 0 Å². The van der Waals surface area contributed by atoms with Crippen molar-refractivity contribution >= 4 is 22.4 Å². The molecular weight excluding hydrogens is 1310 g/mol. The second-order valence-corrected chi connectivity index (χ2v) is 25.8. The molecule has 0 saturated heterocycles. The highest BCUT2D eigenvalue weighted by atomic mass is 35.5. The van der Waals surface area contributed by atoms with E-state index in [1.54, 1.807) is 6.07 Å². The third-order valence-corrected chi connectivity index (χ3v) is 16.5. The minimum atomic E-state index is -4.22. The summed E-state index contributed by atoms with van der Waals surface area (Å²) in [5.74, 6) is 0. The molecular formula is C101H128ClF3. The van der Waals surface area contributed by atoms with Crippen molar-refractivity contribution in [3.8, 4) is 11.1 Å². The Morgan fingerprint density at radius 1 is 0.219 bits per heavy atom. The number of hydrogen-bond acceptors (Lipinski definition) is 0. The zero-order valence-corrected chi connectivity index (χ0v) is 63.7. The number of halogens is 4. The Morgan fingerprint density at radius 2 is 0.495 bits per heavy atom. The highest BCUT2D eigenvalue weighted by molar-refractivity contribution is 6.31. The van der Waals surface area contributed by atoms with Gasteiger partial charge in [-0.2, -0.15) is 13.2 Å². The molecule has 0 aliphatic heterocycles. The summed E-state index contributed by atoms with van der Waals surface area (Å²) in [6.07, 6.45) is -4.22. The summed E-state index contributed by atoms with van der Waals surface area (Å²) in [5.41, 5.74) is 26.4. The topological polar surface area (TPSA) is 0 Å². The maximum absolute atomic E-state index is 12.0. The Labute approximate surface area is 643 Å². The fraction of sp³-hybridized carbons (Fsp3) is 0.248. The summed E-state index contributed by atoms with van der Waals surface area (Å²) in [5, 5.41) is 3.52. The standard InChI is InChI=1S/C13H12.C11H10.C10H14.C8H7F3.5C8H10.C7H7Cl.C7H8.5CH4/c1-11-7-5-6-10-13(11)12-8-3-2-4-9-12;1-9-5-4-7-10-6-2-3-8-11(9)10;1-7-5-8(2)10(4)9(3)6-7;1-6-4-2-3-5-7(6)8(9,10)11;4*1-7-3-5-8(2)6-4-7;1-7-5-3-4-6-8(7)2;1-6-4-2-3-5-7(6)8;1-7-5-3-2-4-6-7;;;;;/h2-10H,1H3;2-8H,1H3;5-6H,1-4H3;2-5H,1H3;5*3-6H,1-2H3;2-5H,1H3;2-6H,1H3;5*1H4. The molecule has 0 aromatic heterocycles. The molecule has 0 saturated carbocycles. The summed E-state index contributed by atoms with van der Waals surface area (Å²) in [4.78, 5) is 0. The maximum atomic E-state index is 12.0. The first-order chi connectivity index (χ1) is 47.5. The fourth-order valence-electron chi connectivity index (χ4n) is 9.34. The molecule has 0 N–H and O–H groups in total. The largest absolute Gasteiger partial charge is 0.416 e. The molecule has 0 atom stereocenters. The highest BCUT2D eigenvalue weighted by Crippen LogP contribution is 2.31. The van der Waals surface area contributed by atoms with Gasteiger partial charge in [-0.3, -0.25) is 0 Å². The van der Waals surface area contributed by atoms with Gasteiger partial charge in [0.05, 0.1) is 5.56 Å². The van der Waals surface area contributed by atoms with E-state index in [0.29, 0.717) is 0 Å². The molecule has 0 fully saturated rings. The first-order valence-corrected chi connectivity index (χ1v) is 34.5.